The topological polar surface area (TPSA) is 79.8 Å². The maximum Gasteiger partial charge on any atom is 0.225 e. The van der Waals surface area contributed by atoms with Gasteiger partial charge in [-0.3, -0.25) is 4.79 Å². The van der Waals surface area contributed by atoms with Gasteiger partial charge in [-0.1, -0.05) is 0 Å². The Morgan fingerprint density at radius 2 is 1.78 bits per heavy atom. The van der Waals surface area contributed by atoms with E-state index in [1.165, 1.54) is 0 Å². The average Bonchev–Trinajstić information content (AvgIpc) is 2.74. The van der Waals surface area contributed by atoms with Crippen molar-refractivity contribution in [1.29, 1.82) is 0 Å². The standard InChI is InChI=1S/C19H23N5O3/c25-18(23-8-10-24(11-9-23)19-21-5-1-6-22-19)4-7-20-15-2-3-16-17(14-15)27-13-12-26-16/h1-3,5-6,14,20H,4,7-13H2. The number of nitrogens with zero attached hydrogens (tertiary/aromatic N) is 4. The van der Waals surface area contributed by atoms with Crippen molar-refractivity contribution in [3.8, 4) is 11.5 Å². The van der Waals surface area contributed by atoms with Crippen molar-refractivity contribution in [3.05, 3.63) is 36.7 Å². The van der Waals surface area contributed by atoms with Crippen molar-refractivity contribution in [1.82, 2.24) is 14.9 Å². The summed E-state index contributed by atoms with van der Waals surface area (Å²) in [5.74, 6) is 2.40. The second kappa shape index (κ2) is 8.11. The molecule has 1 saturated heterocycles. The molecule has 27 heavy (non-hydrogen) atoms. The molecule has 0 spiro atoms. The predicted molar refractivity (Wildman–Crippen MR) is 101 cm³/mol. The summed E-state index contributed by atoms with van der Waals surface area (Å²) in [6.07, 6.45) is 3.93. The third-order valence-electron chi connectivity index (χ3n) is 4.68. The lowest BCUT2D eigenvalue weighted by atomic mass is 10.2. The van der Waals surface area contributed by atoms with E-state index in [1.54, 1.807) is 18.5 Å². The van der Waals surface area contributed by atoms with Gasteiger partial charge in [0.2, 0.25) is 11.9 Å². The van der Waals surface area contributed by atoms with Crippen molar-refractivity contribution in [2.45, 2.75) is 6.42 Å². The van der Waals surface area contributed by atoms with Crippen LogP contribution in [-0.2, 0) is 4.79 Å². The van der Waals surface area contributed by atoms with Gasteiger partial charge in [0.05, 0.1) is 0 Å². The molecule has 1 aromatic heterocycles. The Morgan fingerprint density at radius 3 is 2.56 bits per heavy atom. The molecule has 0 aliphatic carbocycles. The summed E-state index contributed by atoms with van der Waals surface area (Å²) in [4.78, 5) is 25.0. The third kappa shape index (κ3) is 4.21. The van der Waals surface area contributed by atoms with E-state index in [9.17, 15) is 4.79 Å². The average molecular weight is 369 g/mol. The molecule has 0 saturated carbocycles. The Hall–Kier alpha value is -3.03. The molecule has 1 N–H and O–H groups in total. The maximum atomic E-state index is 12.5. The minimum atomic E-state index is 0.161. The number of ether oxygens (including phenoxy) is 2. The number of fused-ring (bicyclic) bond motifs is 1. The number of anilines is 2. The van der Waals surface area contributed by atoms with Crippen molar-refractivity contribution < 1.29 is 14.3 Å². The van der Waals surface area contributed by atoms with E-state index in [4.69, 9.17) is 9.47 Å². The van der Waals surface area contributed by atoms with Gasteiger partial charge in [0, 0.05) is 63.3 Å². The summed E-state index contributed by atoms with van der Waals surface area (Å²) >= 11 is 0. The van der Waals surface area contributed by atoms with Crippen LogP contribution in [0.4, 0.5) is 11.6 Å². The minimum Gasteiger partial charge on any atom is -0.486 e. The van der Waals surface area contributed by atoms with Gasteiger partial charge >= 0.3 is 0 Å². The molecule has 142 valence electrons. The first-order chi connectivity index (χ1) is 13.3. The molecule has 0 bridgehead atoms. The Morgan fingerprint density at radius 1 is 1.04 bits per heavy atom. The number of aromatic nitrogens is 2. The third-order valence-corrected chi connectivity index (χ3v) is 4.68. The van der Waals surface area contributed by atoms with Crippen molar-refractivity contribution in [2.24, 2.45) is 0 Å². The maximum absolute atomic E-state index is 12.5. The fourth-order valence-corrected chi connectivity index (χ4v) is 3.24. The van der Waals surface area contributed by atoms with Crippen molar-refractivity contribution >= 4 is 17.5 Å². The van der Waals surface area contributed by atoms with Gasteiger partial charge in [-0.15, -0.1) is 0 Å². The van der Waals surface area contributed by atoms with E-state index in [0.717, 1.165) is 36.2 Å². The number of hydrogen-bond acceptors (Lipinski definition) is 7. The van der Waals surface area contributed by atoms with Crippen LogP contribution in [0.1, 0.15) is 6.42 Å². The van der Waals surface area contributed by atoms with Crippen LogP contribution in [0.5, 0.6) is 11.5 Å². The lowest BCUT2D eigenvalue weighted by molar-refractivity contribution is -0.131. The first-order valence-electron chi connectivity index (χ1n) is 9.23. The molecule has 1 aromatic carbocycles. The monoisotopic (exact) mass is 369 g/mol. The molecular formula is C19H23N5O3. The zero-order valence-electron chi connectivity index (χ0n) is 15.1. The number of hydrogen-bond donors (Lipinski definition) is 1. The van der Waals surface area contributed by atoms with Crippen LogP contribution in [0.3, 0.4) is 0 Å². The first-order valence-corrected chi connectivity index (χ1v) is 9.23. The molecule has 8 heteroatoms. The van der Waals surface area contributed by atoms with Gasteiger partial charge in [0.25, 0.3) is 0 Å². The normalized spacial score (nSPS) is 16.1. The highest BCUT2D eigenvalue weighted by molar-refractivity contribution is 5.77. The van der Waals surface area contributed by atoms with Gasteiger partial charge < -0.3 is 24.6 Å². The molecule has 1 amide bonds. The number of nitrogens with one attached hydrogen (secondary N) is 1. The summed E-state index contributed by atoms with van der Waals surface area (Å²) in [5.41, 5.74) is 0.929. The Labute approximate surface area is 158 Å². The molecule has 2 aliphatic rings. The lowest BCUT2D eigenvalue weighted by Crippen LogP contribution is -2.49. The molecule has 0 atom stereocenters. The van der Waals surface area contributed by atoms with Crippen LogP contribution in [0, 0.1) is 0 Å². The van der Waals surface area contributed by atoms with E-state index >= 15 is 0 Å². The first kappa shape index (κ1) is 17.4. The fraction of sp³-hybridized carbons (Fsp3) is 0.421. The summed E-state index contributed by atoms with van der Waals surface area (Å²) in [6.45, 7) is 4.63. The highest BCUT2D eigenvalue weighted by atomic mass is 16.6. The fourth-order valence-electron chi connectivity index (χ4n) is 3.24. The predicted octanol–water partition coefficient (Wildman–Crippen LogP) is 1.40. The number of piperazine rings is 1. The van der Waals surface area contributed by atoms with Crippen LogP contribution in [0.2, 0.25) is 0 Å². The van der Waals surface area contributed by atoms with E-state index in [-0.39, 0.29) is 5.91 Å². The summed E-state index contributed by atoms with van der Waals surface area (Å²) in [7, 11) is 0. The molecule has 8 nitrogen and oxygen atoms in total. The number of amides is 1. The molecule has 0 radical (unpaired) electrons. The largest absolute Gasteiger partial charge is 0.486 e. The van der Waals surface area contributed by atoms with Crippen LogP contribution in [-0.4, -0.2) is 66.7 Å². The molecule has 2 aromatic rings. The van der Waals surface area contributed by atoms with Gasteiger partial charge in [0.1, 0.15) is 13.2 Å². The Balaban J connectivity index is 1.22. The molecule has 3 heterocycles. The van der Waals surface area contributed by atoms with Crippen LogP contribution >= 0.6 is 0 Å². The zero-order chi connectivity index (χ0) is 18.5. The quantitative estimate of drug-likeness (QED) is 0.853. The Bertz CT molecular complexity index is 778. The zero-order valence-corrected chi connectivity index (χ0v) is 15.1. The molecule has 4 rings (SSSR count). The minimum absolute atomic E-state index is 0.161. The van der Waals surface area contributed by atoms with Gasteiger partial charge in [0.15, 0.2) is 11.5 Å². The van der Waals surface area contributed by atoms with Crippen LogP contribution in [0.25, 0.3) is 0 Å². The van der Waals surface area contributed by atoms with E-state index in [0.29, 0.717) is 39.3 Å². The van der Waals surface area contributed by atoms with E-state index < -0.39 is 0 Å². The van der Waals surface area contributed by atoms with Gasteiger partial charge in [-0.2, -0.15) is 0 Å². The number of carbonyl (C=O) groups is 1. The highest BCUT2D eigenvalue weighted by Gasteiger charge is 2.22. The smallest absolute Gasteiger partial charge is 0.225 e. The van der Waals surface area contributed by atoms with Crippen molar-refractivity contribution in [3.63, 3.8) is 0 Å². The summed E-state index contributed by atoms with van der Waals surface area (Å²) in [6, 6.07) is 7.55. The summed E-state index contributed by atoms with van der Waals surface area (Å²) < 4.78 is 11.1. The second-order valence-electron chi connectivity index (χ2n) is 6.45. The highest BCUT2D eigenvalue weighted by Crippen LogP contribution is 2.32. The molecule has 1 fully saturated rings. The van der Waals surface area contributed by atoms with Crippen LogP contribution < -0.4 is 19.7 Å². The van der Waals surface area contributed by atoms with E-state index in [1.807, 2.05) is 23.1 Å². The lowest BCUT2D eigenvalue weighted by Gasteiger charge is -2.34. The summed E-state index contributed by atoms with van der Waals surface area (Å²) in [5, 5.41) is 3.29. The second-order valence-corrected chi connectivity index (χ2v) is 6.45. The molecular weight excluding hydrogens is 346 g/mol. The van der Waals surface area contributed by atoms with Crippen LogP contribution in [0.15, 0.2) is 36.7 Å². The number of benzene rings is 1. The molecule has 2 aliphatic heterocycles. The van der Waals surface area contributed by atoms with E-state index in [2.05, 4.69) is 20.2 Å². The number of rotatable bonds is 5. The number of carbonyl (C=O) groups excluding carboxylic acids is 1. The van der Waals surface area contributed by atoms with Gasteiger partial charge in [-0.25, -0.2) is 9.97 Å². The van der Waals surface area contributed by atoms with Gasteiger partial charge in [-0.05, 0) is 18.2 Å². The van der Waals surface area contributed by atoms with Crippen molar-refractivity contribution in [2.75, 3.05) is 56.2 Å². The molecule has 0 unspecified atom stereocenters. The Kier molecular flexibility index (Phi) is 5.22. The SMILES string of the molecule is O=C(CCNc1ccc2c(c1)OCCO2)N1CCN(c2ncccn2)CC1.